The summed E-state index contributed by atoms with van der Waals surface area (Å²) in [5.74, 6) is 0.802. The average Bonchev–Trinajstić information content (AvgIpc) is 2.56. The normalized spacial score (nSPS) is 10.7. The molecule has 23 heavy (non-hydrogen) atoms. The lowest BCUT2D eigenvalue weighted by molar-refractivity contribution is 0.211. The summed E-state index contributed by atoms with van der Waals surface area (Å²) < 4.78 is 5.07. The second-order valence-electron chi connectivity index (χ2n) is 5.37. The van der Waals surface area contributed by atoms with Gasteiger partial charge in [0.1, 0.15) is 12.1 Å². The van der Waals surface area contributed by atoms with Gasteiger partial charge < -0.3 is 15.4 Å². The van der Waals surface area contributed by atoms with Gasteiger partial charge in [-0.25, -0.2) is 9.97 Å². The molecule has 3 rings (SSSR count). The fourth-order valence-electron chi connectivity index (χ4n) is 2.42. The lowest BCUT2D eigenvalue weighted by Gasteiger charge is -2.11. The molecule has 0 bridgehead atoms. The smallest absolute Gasteiger partial charge is 0.141 e. The van der Waals surface area contributed by atoms with Crippen LogP contribution in [0.2, 0.25) is 0 Å². The Bertz CT molecular complexity index is 804. The highest BCUT2D eigenvalue weighted by molar-refractivity contribution is 5.92. The van der Waals surface area contributed by atoms with E-state index in [9.17, 15) is 0 Å². The van der Waals surface area contributed by atoms with Crippen LogP contribution in [-0.4, -0.2) is 30.2 Å². The Morgan fingerprint density at radius 3 is 2.78 bits per heavy atom. The van der Waals surface area contributed by atoms with Crippen LogP contribution in [-0.2, 0) is 4.74 Å². The molecular formula is C18H20N4O. The number of ether oxygens (including phenoxy) is 1. The lowest BCUT2D eigenvalue weighted by atomic mass is 10.2. The van der Waals surface area contributed by atoms with E-state index in [1.54, 1.807) is 13.4 Å². The van der Waals surface area contributed by atoms with Gasteiger partial charge in [-0.2, -0.15) is 0 Å². The molecule has 0 aliphatic carbocycles. The summed E-state index contributed by atoms with van der Waals surface area (Å²) in [6.45, 7) is 3.50. The van der Waals surface area contributed by atoms with E-state index in [2.05, 4.69) is 45.7 Å². The van der Waals surface area contributed by atoms with E-state index in [-0.39, 0.29) is 0 Å². The minimum absolute atomic E-state index is 0.664. The number of rotatable bonds is 6. The number of nitrogens with zero attached hydrogens (tertiary/aromatic N) is 2. The quantitative estimate of drug-likeness (QED) is 0.679. The summed E-state index contributed by atoms with van der Waals surface area (Å²) >= 11 is 0. The van der Waals surface area contributed by atoms with E-state index < -0.39 is 0 Å². The van der Waals surface area contributed by atoms with Crippen LogP contribution < -0.4 is 10.6 Å². The van der Waals surface area contributed by atoms with E-state index in [1.807, 2.05) is 24.3 Å². The number of aromatic nitrogens is 2. The molecule has 2 aromatic carbocycles. The summed E-state index contributed by atoms with van der Waals surface area (Å²) in [6.07, 6.45) is 1.58. The molecule has 0 saturated carbocycles. The van der Waals surface area contributed by atoms with Crippen LogP contribution in [0.1, 0.15) is 5.56 Å². The van der Waals surface area contributed by atoms with E-state index >= 15 is 0 Å². The third-order valence-electron chi connectivity index (χ3n) is 3.55. The van der Waals surface area contributed by atoms with Gasteiger partial charge in [0.15, 0.2) is 0 Å². The summed E-state index contributed by atoms with van der Waals surface area (Å²) in [4.78, 5) is 8.73. The molecule has 2 N–H and O–H groups in total. The first kappa shape index (κ1) is 15.2. The highest BCUT2D eigenvalue weighted by Gasteiger charge is 2.05. The van der Waals surface area contributed by atoms with Crippen LogP contribution >= 0.6 is 0 Å². The number of hydrogen-bond donors (Lipinski definition) is 2. The molecule has 0 unspecified atom stereocenters. The summed E-state index contributed by atoms with van der Waals surface area (Å²) in [7, 11) is 1.69. The van der Waals surface area contributed by atoms with Crippen LogP contribution in [0, 0.1) is 6.92 Å². The van der Waals surface area contributed by atoms with Crippen LogP contribution in [0.4, 0.5) is 17.2 Å². The standard InChI is InChI=1S/C18H20N4O/c1-13-4-3-5-15(10-13)22-18-16-11-14(19-8-9-23-2)6-7-17(16)20-12-21-18/h3-7,10-12,19H,8-9H2,1-2H3,(H,20,21,22). The monoisotopic (exact) mass is 308 g/mol. The Hall–Kier alpha value is -2.66. The summed E-state index contributed by atoms with van der Waals surface area (Å²) in [6, 6.07) is 14.3. The number of fused-ring (bicyclic) bond motifs is 1. The minimum atomic E-state index is 0.664. The Morgan fingerprint density at radius 2 is 1.96 bits per heavy atom. The van der Waals surface area contributed by atoms with Gasteiger partial charge in [-0.1, -0.05) is 12.1 Å². The van der Waals surface area contributed by atoms with Crippen LogP contribution in [0.3, 0.4) is 0 Å². The molecule has 118 valence electrons. The molecule has 0 spiro atoms. The van der Waals surface area contributed by atoms with Crippen molar-refractivity contribution >= 4 is 28.1 Å². The third kappa shape index (κ3) is 3.76. The van der Waals surface area contributed by atoms with Crippen LogP contribution in [0.25, 0.3) is 10.9 Å². The number of nitrogens with one attached hydrogen (secondary N) is 2. The number of hydrogen-bond acceptors (Lipinski definition) is 5. The molecule has 0 saturated heterocycles. The zero-order valence-corrected chi connectivity index (χ0v) is 13.3. The van der Waals surface area contributed by atoms with Gasteiger partial charge in [0.2, 0.25) is 0 Å². The van der Waals surface area contributed by atoms with Gasteiger partial charge in [-0.3, -0.25) is 0 Å². The topological polar surface area (TPSA) is 59.1 Å². The van der Waals surface area contributed by atoms with E-state index in [0.717, 1.165) is 34.6 Å². The first-order valence-electron chi connectivity index (χ1n) is 7.57. The number of anilines is 3. The van der Waals surface area contributed by atoms with Crippen LogP contribution in [0.15, 0.2) is 48.8 Å². The molecule has 0 amide bonds. The van der Waals surface area contributed by atoms with Gasteiger partial charge in [-0.05, 0) is 42.8 Å². The van der Waals surface area contributed by atoms with Crippen molar-refractivity contribution < 1.29 is 4.74 Å². The van der Waals surface area contributed by atoms with Crippen LogP contribution in [0.5, 0.6) is 0 Å². The maximum atomic E-state index is 5.07. The first-order valence-corrected chi connectivity index (χ1v) is 7.57. The van der Waals surface area contributed by atoms with Crippen molar-refractivity contribution in [1.82, 2.24) is 9.97 Å². The Morgan fingerprint density at radius 1 is 1.04 bits per heavy atom. The van der Waals surface area contributed by atoms with E-state index in [4.69, 9.17) is 4.74 Å². The second kappa shape index (κ2) is 7.07. The van der Waals surface area contributed by atoms with Crippen molar-refractivity contribution in [3.8, 4) is 0 Å². The molecule has 0 atom stereocenters. The molecule has 3 aromatic rings. The molecule has 0 aliphatic rings. The average molecular weight is 308 g/mol. The van der Waals surface area contributed by atoms with E-state index in [1.165, 1.54) is 5.56 Å². The largest absolute Gasteiger partial charge is 0.383 e. The van der Waals surface area contributed by atoms with Crippen molar-refractivity contribution in [1.29, 1.82) is 0 Å². The Labute approximate surface area is 135 Å². The predicted molar refractivity (Wildman–Crippen MR) is 94.4 cm³/mol. The molecule has 1 aromatic heterocycles. The molecule has 5 heteroatoms. The predicted octanol–water partition coefficient (Wildman–Crippen LogP) is 3.74. The zero-order valence-electron chi connectivity index (χ0n) is 13.3. The second-order valence-corrected chi connectivity index (χ2v) is 5.37. The molecule has 1 heterocycles. The van der Waals surface area contributed by atoms with Crippen molar-refractivity contribution in [3.05, 3.63) is 54.4 Å². The first-order chi connectivity index (χ1) is 11.3. The summed E-state index contributed by atoms with van der Waals surface area (Å²) in [5, 5.41) is 7.69. The Balaban J connectivity index is 1.91. The third-order valence-corrected chi connectivity index (χ3v) is 3.55. The maximum absolute atomic E-state index is 5.07. The fraction of sp³-hybridized carbons (Fsp3) is 0.222. The number of benzene rings is 2. The van der Waals surface area contributed by atoms with Gasteiger partial charge in [0.05, 0.1) is 12.1 Å². The molecule has 0 radical (unpaired) electrons. The molecule has 0 aliphatic heterocycles. The highest BCUT2D eigenvalue weighted by Crippen LogP contribution is 2.26. The lowest BCUT2D eigenvalue weighted by Crippen LogP contribution is -2.07. The van der Waals surface area contributed by atoms with Gasteiger partial charge in [-0.15, -0.1) is 0 Å². The summed E-state index contributed by atoms with van der Waals surface area (Å²) in [5.41, 5.74) is 4.15. The van der Waals surface area contributed by atoms with Gasteiger partial charge in [0.25, 0.3) is 0 Å². The number of aryl methyl sites for hydroxylation is 1. The maximum Gasteiger partial charge on any atom is 0.141 e. The van der Waals surface area contributed by atoms with Crippen molar-refractivity contribution in [3.63, 3.8) is 0 Å². The number of methoxy groups -OCH3 is 1. The molecule has 0 fully saturated rings. The fourth-order valence-corrected chi connectivity index (χ4v) is 2.42. The highest BCUT2D eigenvalue weighted by atomic mass is 16.5. The van der Waals surface area contributed by atoms with Crippen molar-refractivity contribution in [2.45, 2.75) is 6.92 Å². The molecule has 5 nitrogen and oxygen atoms in total. The van der Waals surface area contributed by atoms with E-state index in [0.29, 0.717) is 6.61 Å². The van der Waals surface area contributed by atoms with Gasteiger partial charge >= 0.3 is 0 Å². The minimum Gasteiger partial charge on any atom is -0.383 e. The zero-order chi connectivity index (χ0) is 16.1. The molecular weight excluding hydrogens is 288 g/mol. The Kier molecular flexibility index (Phi) is 4.68. The van der Waals surface area contributed by atoms with Crippen molar-refractivity contribution in [2.75, 3.05) is 30.9 Å². The van der Waals surface area contributed by atoms with Crippen molar-refractivity contribution in [2.24, 2.45) is 0 Å². The SMILES string of the molecule is COCCNc1ccc2ncnc(Nc3cccc(C)c3)c2c1. The van der Waals surface area contributed by atoms with Gasteiger partial charge in [0, 0.05) is 30.4 Å².